The van der Waals surface area contributed by atoms with Gasteiger partial charge in [-0.3, -0.25) is 4.79 Å². The molecule has 0 spiro atoms. The predicted octanol–water partition coefficient (Wildman–Crippen LogP) is 3.29. The van der Waals surface area contributed by atoms with Crippen molar-refractivity contribution in [3.63, 3.8) is 0 Å². The quantitative estimate of drug-likeness (QED) is 0.880. The minimum atomic E-state index is -0.516. The minimum absolute atomic E-state index is 0.144. The van der Waals surface area contributed by atoms with Crippen LogP contribution in [0.3, 0.4) is 0 Å². The fraction of sp³-hybridized carbons (Fsp3) is 0.619. The normalized spacial score (nSPS) is 27.9. The third-order valence-electron chi connectivity index (χ3n) is 5.79. The van der Waals surface area contributed by atoms with E-state index in [0.717, 1.165) is 24.8 Å². The highest BCUT2D eigenvalue weighted by atomic mass is 16.6. The molecule has 2 atom stereocenters. The molecular formula is C21H30N2O4. The predicted molar refractivity (Wildman–Crippen MR) is 102 cm³/mol. The summed E-state index contributed by atoms with van der Waals surface area (Å²) in [6.07, 6.45) is 2.77. The number of likely N-dealkylation sites (tertiary alicyclic amines) is 1. The SMILES string of the molecule is COC1(c2cccc(C(N)=O)c2)[C@@H]2CCC[C@@H]1CN(C(=O)OC(C)(C)C)C2. The Morgan fingerprint density at radius 2 is 1.81 bits per heavy atom. The van der Waals surface area contributed by atoms with E-state index in [1.807, 2.05) is 43.9 Å². The fourth-order valence-corrected chi connectivity index (χ4v) is 4.75. The first-order chi connectivity index (χ1) is 12.7. The highest BCUT2D eigenvalue weighted by Gasteiger charge is 2.54. The molecule has 1 aliphatic carbocycles. The van der Waals surface area contributed by atoms with E-state index in [9.17, 15) is 9.59 Å². The third-order valence-corrected chi connectivity index (χ3v) is 5.79. The first-order valence-electron chi connectivity index (χ1n) is 9.61. The molecule has 148 valence electrons. The zero-order valence-electron chi connectivity index (χ0n) is 16.7. The molecule has 0 unspecified atom stereocenters. The standard InChI is InChI=1S/C21H30N2O4/c1-20(2,3)27-19(25)23-12-16-9-6-10-17(13-23)21(16,26-4)15-8-5-7-14(11-15)18(22)24/h5,7-8,11,16-17H,6,9-10,12-13H2,1-4H3,(H2,22,24)/t16-,17-/m1/s1. The number of methoxy groups -OCH3 is 1. The molecular weight excluding hydrogens is 344 g/mol. The molecule has 1 aromatic carbocycles. The summed E-state index contributed by atoms with van der Waals surface area (Å²) in [5.74, 6) is -0.157. The minimum Gasteiger partial charge on any atom is -0.444 e. The summed E-state index contributed by atoms with van der Waals surface area (Å²) < 4.78 is 11.8. The summed E-state index contributed by atoms with van der Waals surface area (Å²) in [6, 6.07) is 7.43. The third kappa shape index (κ3) is 3.68. The Morgan fingerprint density at radius 1 is 1.19 bits per heavy atom. The van der Waals surface area contributed by atoms with E-state index in [0.29, 0.717) is 18.7 Å². The molecule has 6 nitrogen and oxygen atoms in total. The first-order valence-corrected chi connectivity index (χ1v) is 9.61. The monoisotopic (exact) mass is 374 g/mol. The highest BCUT2D eigenvalue weighted by molar-refractivity contribution is 5.93. The number of nitrogens with zero attached hydrogens (tertiary/aromatic N) is 1. The van der Waals surface area contributed by atoms with Gasteiger partial charge in [-0.2, -0.15) is 0 Å². The van der Waals surface area contributed by atoms with Crippen molar-refractivity contribution < 1.29 is 19.1 Å². The zero-order valence-corrected chi connectivity index (χ0v) is 16.7. The Morgan fingerprint density at radius 3 is 2.33 bits per heavy atom. The first kappa shape index (κ1) is 19.7. The lowest BCUT2D eigenvalue weighted by Gasteiger charge is -2.55. The fourth-order valence-electron chi connectivity index (χ4n) is 4.75. The van der Waals surface area contributed by atoms with Gasteiger partial charge in [0.05, 0.1) is 0 Å². The highest BCUT2D eigenvalue weighted by Crippen LogP contribution is 2.51. The van der Waals surface area contributed by atoms with Crippen LogP contribution in [0.2, 0.25) is 0 Å². The molecule has 1 saturated carbocycles. The van der Waals surface area contributed by atoms with Crippen molar-refractivity contribution in [3.05, 3.63) is 35.4 Å². The van der Waals surface area contributed by atoms with Crippen LogP contribution >= 0.6 is 0 Å². The summed E-state index contributed by atoms with van der Waals surface area (Å²) in [6.45, 7) is 6.81. The number of hydrogen-bond acceptors (Lipinski definition) is 4. The number of hydrogen-bond donors (Lipinski definition) is 1. The van der Waals surface area contributed by atoms with E-state index in [1.54, 1.807) is 13.2 Å². The molecule has 2 bridgehead atoms. The van der Waals surface area contributed by atoms with Gasteiger partial charge < -0.3 is 20.1 Å². The van der Waals surface area contributed by atoms with Crippen LogP contribution in [0.4, 0.5) is 4.79 Å². The van der Waals surface area contributed by atoms with Crippen molar-refractivity contribution in [1.82, 2.24) is 4.90 Å². The summed E-state index contributed by atoms with van der Waals surface area (Å²) in [4.78, 5) is 26.1. The van der Waals surface area contributed by atoms with Crippen molar-refractivity contribution in [1.29, 1.82) is 0 Å². The maximum atomic E-state index is 12.6. The van der Waals surface area contributed by atoms with Gasteiger partial charge in [-0.25, -0.2) is 4.79 Å². The van der Waals surface area contributed by atoms with Crippen molar-refractivity contribution in [2.24, 2.45) is 17.6 Å². The van der Waals surface area contributed by atoms with Gasteiger partial charge in [0, 0.05) is 37.6 Å². The molecule has 1 aliphatic heterocycles. The molecule has 1 saturated heterocycles. The van der Waals surface area contributed by atoms with Crippen LogP contribution in [0.15, 0.2) is 24.3 Å². The summed E-state index contributed by atoms with van der Waals surface area (Å²) in [5.41, 5.74) is 5.91. The van der Waals surface area contributed by atoms with Crippen LogP contribution in [0.5, 0.6) is 0 Å². The van der Waals surface area contributed by atoms with Gasteiger partial charge in [0.2, 0.25) is 5.91 Å². The lowest BCUT2D eigenvalue weighted by atomic mass is 9.62. The average Bonchev–Trinajstić information content (AvgIpc) is 2.58. The van der Waals surface area contributed by atoms with Crippen molar-refractivity contribution in [2.45, 2.75) is 51.2 Å². The number of rotatable bonds is 3. The number of primary amides is 1. The maximum Gasteiger partial charge on any atom is 0.410 e. The topological polar surface area (TPSA) is 81.9 Å². The molecule has 2 aliphatic rings. The molecule has 3 rings (SSSR count). The number of nitrogens with two attached hydrogens (primary N) is 1. The van der Waals surface area contributed by atoms with E-state index in [4.69, 9.17) is 15.2 Å². The van der Waals surface area contributed by atoms with E-state index in [-0.39, 0.29) is 17.9 Å². The number of carbonyl (C=O) groups is 2. The Hall–Kier alpha value is -2.08. The number of carbonyl (C=O) groups excluding carboxylic acids is 2. The molecule has 27 heavy (non-hydrogen) atoms. The second-order valence-corrected chi connectivity index (χ2v) is 8.65. The summed E-state index contributed by atoms with van der Waals surface area (Å²) >= 11 is 0. The second kappa shape index (κ2) is 7.15. The van der Waals surface area contributed by atoms with E-state index in [2.05, 4.69) is 0 Å². The Labute approximate surface area is 161 Å². The smallest absolute Gasteiger partial charge is 0.410 e. The van der Waals surface area contributed by atoms with Gasteiger partial charge in [0.1, 0.15) is 11.2 Å². The van der Waals surface area contributed by atoms with Crippen LogP contribution in [0.1, 0.15) is 56.0 Å². The van der Waals surface area contributed by atoms with Gasteiger partial charge in [-0.1, -0.05) is 18.6 Å². The Kier molecular flexibility index (Phi) is 5.21. The Bertz CT molecular complexity index is 711. The summed E-state index contributed by atoms with van der Waals surface area (Å²) in [5, 5.41) is 0. The number of fused-ring (bicyclic) bond motifs is 2. The largest absolute Gasteiger partial charge is 0.444 e. The number of amides is 2. The molecule has 1 heterocycles. The molecule has 2 fully saturated rings. The number of ether oxygens (including phenoxy) is 2. The van der Waals surface area contributed by atoms with Gasteiger partial charge in [-0.15, -0.1) is 0 Å². The van der Waals surface area contributed by atoms with E-state index in [1.165, 1.54) is 0 Å². The van der Waals surface area contributed by atoms with Crippen molar-refractivity contribution in [2.75, 3.05) is 20.2 Å². The van der Waals surface area contributed by atoms with E-state index < -0.39 is 17.1 Å². The number of piperidine rings is 1. The molecule has 2 N–H and O–H groups in total. The molecule has 6 heteroatoms. The molecule has 0 aromatic heterocycles. The van der Waals surface area contributed by atoms with Gasteiger partial charge in [-0.05, 0) is 51.3 Å². The number of benzene rings is 1. The second-order valence-electron chi connectivity index (χ2n) is 8.65. The molecule has 1 aromatic rings. The maximum absolute atomic E-state index is 12.6. The van der Waals surface area contributed by atoms with Crippen LogP contribution in [0, 0.1) is 11.8 Å². The van der Waals surface area contributed by atoms with Gasteiger partial charge >= 0.3 is 6.09 Å². The van der Waals surface area contributed by atoms with Gasteiger partial charge in [0.25, 0.3) is 0 Å². The summed E-state index contributed by atoms with van der Waals surface area (Å²) in [7, 11) is 1.73. The lowest BCUT2D eigenvalue weighted by Crippen LogP contribution is -2.60. The lowest BCUT2D eigenvalue weighted by molar-refractivity contribution is -0.166. The Balaban J connectivity index is 1.93. The average molecular weight is 374 g/mol. The zero-order chi connectivity index (χ0) is 19.8. The van der Waals surface area contributed by atoms with Gasteiger partial charge in [0.15, 0.2) is 0 Å². The van der Waals surface area contributed by atoms with Crippen molar-refractivity contribution >= 4 is 12.0 Å². The molecule has 0 radical (unpaired) electrons. The van der Waals surface area contributed by atoms with Crippen LogP contribution in [-0.2, 0) is 15.1 Å². The molecule has 2 amide bonds. The van der Waals surface area contributed by atoms with Crippen LogP contribution < -0.4 is 5.73 Å². The van der Waals surface area contributed by atoms with E-state index >= 15 is 0 Å². The van der Waals surface area contributed by atoms with Crippen molar-refractivity contribution in [3.8, 4) is 0 Å². The van der Waals surface area contributed by atoms with Crippen LogP contribution in [0.25, 0.3) is 0 Å². The van der Waals surface area contributed by atoms with Crippen LogP contribution in [-0.4, -0.2) is 42.7 Å².